The average Bonchev–Trinajstić information content (AvgIpc) is 0.883. The number of ketones is 1. The van der Waals surface area contributed by atoms with E-state index in [1.165, 1.54) is 89.0 Å². The van der Waals surface area contributed by atoms with E-state index in [-0.39, 0.29) is 23.9 Å². The number of aryl methyl sites for hydroxylation is 5. The number of amides is 6. The summed E-state index contributed by atoms with van der Waals surface area (Å²) in [7, 11) is 1.88. The van der Waals surface area contributed by atoms with Crippen molar-refractivity contribution >= 4 is 72.4 Å². The van der Waals surface area contributed by atoms with Crippen LogP contribution >= 0.6 is 0 Å². The van der Waals surface area contributed by atoms with Gasteiger partial charge >= 0.3 is 175 Å². The zero-order valence-electron chi connectivity index (χ0n) is 72.6. The van der Waals surface area contributed by atoms with Gasteiger partial charge in [-0.05, 0) is 192 Å². The van der Waals surface area contributed by atoms with Gasteiger partial charge in [-0.15, -0.1) is 0 Å². The fourth-order valence-electron chi connectivity index (χ4n) is 15.6. The normalized spacial score (nSPS) is 17.9. The molecule has 21 nitrogen and oxygen atoms in total. The van der Waals surface area contributed by atoms with E-state index in [0.29, 0.717) is 80.4 Å². The number of allylic oxidation sites excluding steroid dienone is 1. The molecular formula is C93H144B2N14O7. The van der Waals surface area contributed by atoms with Crippen molar-refractivity contribution < 1.29 is 33.4 Å². The molecule has 23 heteroatoms. The number of carbonyl (C=O) groups is 5. The molecule has 634 valence electrons. The van der Waals surface area contributed by atoms with Crippen LogP contribution in [0.2, 0.25) is 0 Å². The molecular weight excluding hydrogens is 1450 g/mol. The summed E-state index contributed by atoms with van der Waals surface area (Å²) in [5.74, 6) is 1.16. The van der Waals surface area contributed by atoms with Crippen LogP contribution in [-0.4, -0.2) is 221 Å². The number of hydrogen-bond donors (Lipinski definition) is 7. The summed E-state index contributed by atoms with van der Waals surface area (Å²) in [6, 6.07) is 43.1. The van der Waals surface area contributed by atoms with E-state index >= 15 is 0 Å². The van der Waals surface area contributed by atoms with Gasteiger partial charge in [0.25, 0.3) is 0 Å². The fraction of sp³-hybridized carbons (Fsp3) is 0.602. The second kappa shape index (κ2) is 52.4. The fourth-order valence-corrected chi connectivity index (χ4v) is 15.6. The molecule has 0 saturated carbocycles. The van der Waals surface area contributed by atoms with E-state index in [1.54, 1.807) is 0 Å². The van der Waals surface area contributed by atoms with Crippen LogP contribution in [0.1, 0.15) is 198 Å². The Kier molecular flexibility index (Phi) is 42.8. The van der Waals surface area contributed by atoms with Gasteiger partial charge in [0.05, 0.1) is 0 Å². The van der Waals surface area contributed by atoms with E-state index in [4.69, 9.17) is 5.73 Å². The van der Waals surface area contributed by atoms with Crippen LogP contribution in [-0.2, 0) is 23.8 Å². The van der Waals surface area contributed by atoms with E-state index in [1.807, 2.05) is 55.7 Å². The van der Waals surface area contributed by atoms with Gasteiger partial charge in [-0.3, -0.25) is 9.59 Å². The third-order valence-electron chi connectivity index (χ3n) is 22.8. The van der Waals surface area contributed by atoms with Gasteiger partial charge in [-0.1, -0.05) is 136 Å². The van der Waals surface area contributed by atoms with Crippen molar-refractivity contribution in [3.05, 3.63) is 161 Å². The molecule has 0 aromatic heterocycles. The Hall–Kier alpha value is -8.40. The number of piperidine rings is 5. The number of likely N-dealkylation sites (tertiary alicyclic amines) is 6. The zero-order valence-corrected chi connectivity index (χ0v) is 72.6. The van der Waals surface area contributed by atoms with Gasteiger partial charge < -0.3 is 56.8 Å². The monoisotopic (exact) mass is 1590 g/mol. The summed E-state index contributed by atoms with van der Waals surface area (Å²) in [5.41, 5.74) is 18.8. The van der Waals surface area contributed by atoms with Crippen molar-refractivity contribution in [3.8, 4) is 0 Å². The van der Waals surface area contributed by atoms with Crippen LogP contribution in [0.4, 0.5) is 38.0 Å². The van der Waals surface area contributed by atoms with Crippen molar-refractivity contribution in [2.24, 2.45) is 11.8 Å². The first-order valence-corrected chi connectivity index (χ1v) is 43.9. The van der Waals surface area contributed by atoms with E-state index in [0.717, 1.165) is 188 Å². The van der Waals surface area contributed by atoms with Crippen molar-refractivity contribution in [2.75, 3.05) is 138 Å². The average molecular weight is 1590 g/mol. The maximum atomic E-state index is 13.6. The summed E-state index contributed by atoms with van der Waals surface area (Å²) >= 11 is 0. The molecule has 0 unspecified atom stereocenters. The first-order chi connectivity index (χ1) is 55.9. The Bertz CT molecular complexity index is 3640. The number of nitrogen functional groups attached to an aromatic ring is 1. The molecule has 2 atom stereocenters. The molecule has 0 bridgehead atoms. The van der Waals surface area contributed by atoms with Crippen molar-refractivity contribution in [3.63, 3.8) is 0 Å². The standard InChI is InChI=1S/C30H48N4O2.C25H40N4O2.C13H19BN2O.C12H18N2.C7H9N.C6H10BNO2/c1-23(2)14-21-34(26-12-10-25(5)11-13-26)27-15-19-32(20-16-27)29(35)28(22-24(3)4)31-30(36)33-17-8-6-7-9-18-33;1-19(2)18-23(27-25(31)29-14-6-4-5-7-15-29)24(30)28-16-12-22(13-17-28)26-21-10-8-20(3)9-11-21;1-11-2-4-12(5-3-11)15-13-6-8-16(9-7-13)10-14-17;1-10-2-4-11(5-3-10)14-12-6-8-13-9-7-12;1-6-2-4-7(8)5-3-6;9-6-1-3-8(4-2-6)5-7-10/h10-14,24,27-28H,6-9,15-22H2,1-5H3,(H,31,36);8-11,19,22-23,26H,4-7,12-18H2,1-3H3,(H,27,31);2-5,13,15H,6-10H2,1H3;2-5,12-14H,6-9H2,1H3;2-5H,8H2,1H3;1-5H2/t28-;23-;;;;/m00..../s1. The molecule has 7 fully saturated rings. The second-order valence-electron chi connectivity index (χ2n) is 34.2. The molecule has 0 spiro atoms. The molecule has 12 rings (SSSR count). The number of Topliss-reactive ketones (excluding diaryl/α,β-unsaturated/α-hetero) is 1. The molecule has 7 aliphatic rings. The molecule has 0 radical (unpaired) electrons. The number of anilines is 5. The van der Waals surface area contributed by atoms with Gasteiger partial charge in [0.1, 0.15) is 12.1 Å². The predicted octanol–water partition coefficient (Wildman–Crippen LogP) is 15.4. The summed E-state index contributed by atoms with van der Waals surface area (Å²) < 4.78 is 20.4. The third-order valence-corrected chi connectivity index (χ3v) is 22.8. The Morgan fingerprint density at radius 1 is 0.448 bits per heavy atom. The van der Waals surface area contributed by atoms with Crippen LogP contribution in [0.5, 0.6) is 0 Å². The maximum absolute atomic E-state index is 13.6. The molecule has 8 N–H and O–H groups in total. The van der Waals surface area contributed by atoms with Crippen LogP contribution in [0.15, 0.2) is 133 Å². The number of urea groups is 2. The Morgan fingerprint density at radius 3 is 1.14 bits per heavy atom. The van der Waals surface area contributed by atoms with Gasteiger partial charge in [-0.25, -0.2) is 9.59 Å². The molecule has 7 saturated heterocycles. The number of carbonyl (C=O) groups excluding carboxylic acids is 5. The van der Waals surface area contributed by atoms with Crippen molar-refractivity contribution in [2.45, 2.75) is 241 Å². The number of nitrogens with two attached hydrogens (primary N) is 1. The van der Waals surface area contributed by atoms with Gasteiger partial charge in [0.15, 0.2) is 0 Å². The molecule has 7 heterocycles. The Morgan fingerprint density at radius 2 is 0.784 bits per heavy atom. The first-order valence-electron chi connectivity index (χ1n) is 43.9. The van der Waals surface area contributed by atoms with Crippen LogP contribution in [0, 0.1) is 46.5 Å². The van der Waals surface area contributed by atoms with Gasteiger partial charge in [0.2, 0.25) is 11.8 Å². The second-order valence-corrected chi connectivity index (χ2v) is 34.2. The Labute approximate surface area is 698 Å². The topological polar surface area (TPSA) is 240 Å². The Balaban J connectivity index is 0.000000207. The van der Waals surface area contributed by atoms with Gasteiger partial charge in [0, 0.05) is 99.8 Å². The van der Waals surface area contributed by atoms with Crippen molar-refractivity contribution in [1.82, 2.24) is 45.3 Å². The van der Waals surface area contributed by atoms with Gasteiger partial charge in [-0.2, -0.15) is 0 Å². The first kappa shape index (κ1) is 94.7. The number of hydrogen-bond acceptors (Lipinski definition) is 15. The summed E-state index contributed by atoms with van der Waals surface area (Å²) in [6.45, 7) is 36.0. The van der Waals surface area contributed by atoms with E-state index in [2.05, 4.69) is 214 Å². The van der Waals surface area contributed by atoms with Crippen LogP contribution in [0.3, 0.4) is 0 Å². The quantitative estimate of drug-likeness (QED) is 0.0194. The molecule has 5 aromatic carbocycles. The molecule has 0 aliphatic carbocycles. The molecule has 116 heavy (non-hydrogen) atoms. The van der Waals surface area contributed by atoms with Crippen LogP contribution in [0.25, 0.3) is 0 Å². The minimum atomic E-state index is -0.448. The molecule has 6 amide bonds. The van der Waals surface area contributed by atoms with E-state index in [9.17, 15) is 33.4 Å². The number of rotatable bonds is 22. The predicted molar refractivity (Wildman–Crippen MR) is 480 cm³/mol. The molecule has 5 aromatic rings. The minimum absolute atomic E-state index is 0.0712. The molecule has 7 aliphatic heterocycles. The van der Waals surface area contributed by atoms with Crippen LogP contribution < -0.4 is 42.5 Å². The number of nitrogens with zero attached hydrogens (tertiary/aromatic N) is 7. The third kappa shape index (κ3) is 36.2. The summed E-state index contributed by atoms with van der Waals surface area (Å²) in [5, 5.41) is 20.3. The summed E-state index contributed by atoms with van der Waals surface area (Å²) in [4.78, 5) is 77.9. The zero-order chi connectivity index (χ0) is 83.6. The SMILES string of the molecule is CC(C)=CCN(c1ccc(C)cc1)C1CCN(C(=O)[C@H](CC(C)C)NC(=O)N2CCCCCC2)CC1.Cc1ccc(N)cc1.Cc1ccc(NC2CCN(C(=O)[C@H](CC(C)C)NC(=O)N3CCCCCC3)CC2)cc1.Cc1ccc(NC2CCN(CB=O)CC2)cc1.Cc1ccc(NC2CCNCC2)cc1.O=BCN1CCC(=O)CC1. The van der Waals surface area contributed by atoms with Crippen molar-refractivity contribution in [1.29, 1.82) is 0 Å². The number of nitrogens with one attached hydrogen (secondary N) is 6. The van der Waals surface area contributed by atoms with E-state index < -0.39 is 12.1 Å². The number of benzene rings is 5. The summed E-state index contributed by atoms with van der Waals surface area (Å²) in [6.07, 6.45) is 23.3.